The summed E-state index contributed by atoms with van der Waals surface area (Å²) in [5, 5.41) is 8.70. The van der Waals surface area contributed by atoms with E-state index >= 15 is 0 Å². The van der Waals surface area contributed by atoms with Gasteiger partial charge in [-0.15, -0.1) is 0 Å². The monoisotopic (exact) mass is 217 g/mol. The highest BCUT2D eigenvalue weighted by Gasteiger charge is 2.22. The van der Waals surface area contributed by atoms with Gasteiger partial charge in [0.05, 0.1) is 17.8 Å². The maximum absolute atomic E-state index is 8.70. The zero-order valence-electron chi connectivity index (χ0n) is 9.55. The number of aromatic nitrogens is 1. The molecule has 4 heteroatoms. The van der Waals surface area contributed by atoms with Crippen molar-refractivity contribution in [2.45, 2.75) is 26.1 Å². The number of nitriles is 1. The maximum atomic E-state index is 8.70. The minimum atomic E-state index is 0.223. The molecule has 1 aromatic heterocycles. The summed E-state index contributed by atoms with van der Waals surface area (Å²) in [5.74, 6) is 0.918. The zero-order valence-corrected chi connectivity index (χ0v) is 9.55. The molecule has 0 unspecified atom stereocenters. The van der Waals surface area contributed by atoms with Crippen LogP contribution in [0.1, 0.15) is 19.4 Å². The van der Waals surface area contributed by atoms with Crippen molar-refractivity contribution < 1.29 is 4.74 Å². The van der Waals surface area contributed by atoms with Gasteiger partial charge in [0.1, 0.15) is 11.9 Å². The van der Waals surface area contributed by atoms with Crippen molar-refractivity contribution in [1.29, 1.82) is 5.26 Å². The molecule has 0 aromatic carbocycles. The second-order valence-electron chi connectivity index (χ2n) is 4.18. The predicted octanol–water partition coefficient (Wildman–Crippen LogP) is 1.57. The average molecular weight is 217 g/mol. The molecule has 1 fully saturated rings. The van der Waals surface area contributed by atoms with Crippen molar-refractivity contribution >= 4 is 5.82 Å². The molecule has 0 saturated carbocycles. The molecule has 0 bridgehead atoms. The Balaban J connectivity index is 2.14. The van der Waals surface area contributed by atoms with Gasteiger partial charge in [-0.05, 0) is 26.0 Å². The average Bonchev–Trinajstić information content (AvgIpc) is 2.28. The molecule has 16 heavy (non-hydrogen) atoms. The molecule has 1 saturated heterocycles. The van der Waals surface area contributed by atoms with E-state index in [9.17, 15) is 0 Å². The van der Waals surface area contributed by atoms with Gasteiger partial charge in [0.15, 0.2) is 0 Å². The van der Waals surface area contributed by atoms with E-state index in [0.29, 0.717) is 5.56 Å². The minimum absolute atomic E-state index is 0.223. The Hall–Kier alpha value is -1.60. The van der Waals surface area contributed by atoms with Crippen LogP contribution in [0.5, 0.6) is 0 Å². The van der Waals surface area contributed by atoms with Crippen molar-refractivity contribution in [2.75, 3.05) is 18.0 Å². The normalized spacial score (nSPS) is 25.2. The molecule has 0 spiro atoms. The molecule has 0 amide bonds. The smallest absolute Gasteiger partial charge is 0.128 e. The predicted molar refractivity (Wildman–Crippen MR) is 61.2 cm³/mol. The largest absolute Gasteiger partial charge is 0.372 e. The van der Waals surface area contributed by atoms with E-state index in [1.807, 2.05) is 6.07 Å². The van der Waals surface area contributed by atoms with Gasteiger partial charge in [0.25, 0.3) is 0 Å². The molecule has 0 aliphatic carbocycles. The van der Waals surface area contributed by atoms with Crippen molar-refractivity contribution in [1.82, 2.24) is 4.98 Å². The topological polar surface area (TPSA) is 49.2 Å². The second-order valence-corrected chi connectivity index (χ2v) is 4.18. The van der Waals surface area contributed by atoms with E-state index in [1.165, 1.54) is 0 Å². The molecular weight excluding hydrogens is 202 g/mol. The number of ether oxygens (including phenoxy) is 1. The molecule has 84 valence electrons. The number of morpholine rings is 1. The van der Waals surface area contributed by atoms with E-state index < -0.39 is 0 Å². The lowest BCUT2D eigenvalue weighted by molar-refractivity contribution is -0.00545. The van der Waals surface area contributed by atoms with E-state index in [4.69, 9.17) is 10.00 Å². The molecule has 2 atom stereocenters. The lowest BCUT2D eigenvalue weighted by Gasteiger charge is -2.36. The zero-order chi connectivity index (χ0) is 11.5. The van der Waals surface area contributed by atoms with Gasteiger partial charge < -0.3 is 9.64 Å². The van der Waals surface area contributed by atoms with Crippen molar-refractivity contribution in [3.8, 4) is 6.07 Å². The fourth-order valence-corrected chi connectivity index (χ4v) is 2.00. The maximum Gasteiger partial charge on any atom is 0.128 e. The Labute approximate surface area is 95.5 Å². The highest BCUT2D eigenvalue weighted by atomic mass is 16.5. The van der Waals surface area contributed by atoms with Gasteiger partial charge >= 0.3 is 0 Å². The lowest BCUT2D eigenvalue weighted by atomic mass is 10.2. The summed E-state index contributed by atoms with van der Waals surface area (Å²) in [6.07, 6.45) is 2.06. The summed E-state index contributed by atoms with van der Waals surface area (Å²) in [7, 11) is 0. The van der Waals surface area contributed by atoms with Crippen LogP contribution in [-0.2, 0) is 4.74 Å². The number of hydrogen-bond donors (Lipinski definition) is 0. The summed E-state index contributed by atoms with van der Waals surface area (Å²) in [5.41, 5.74) is 0.595. The van der Waals surface area contributed by atoms with Crippen LogP contribution < -0.4 is 4.90 Å². The summed E-state index contributed by atoms with van der Waals surface area (Å²) in [6.45, 7) is 5.82. The first-order chi connectivity index (χ1) is 7.69. The van der Waals surface area contributed by atoms with Crippen molar-refractivity contribution in [2.24, 2.45) is 0 Å². The Kier molecular flexibility index (Phi) is 3.07. The van der Waals surface area contributed by atoms with Crippen LogP contribution in [0.25, 0.3) is 0 Å². The highest BCUT2D eigenvalue weighted by molar-refractivity contribution is 5.42. The Bertz CT molecular complexity index is 386. The van der Waals surface area contributed by atoms with Crippen molar-refractivity contribution in [3.63, 3.8) is 0 Å². The molecule has 0 N–H and O–H groups in total. The molecule has 0 radical (unpaired) electrons. The van der Waals surface area contributed by atoms with Gasteiger partial charge in [-0.25, -0.2) is 4.98 Å². The number of anilines is 1. The van der Waals surface area contributed by atoms with Crippen LogP contribution >= 0.6 is 0 Å². The van der Waals surface area contributed by atoms with Crippen LogP contribution in [0.15, 0.2) is 18.3 Å². The number of pyridine rings is 1. The van der Waals surface area contributed by atoms with E-state index in [0.717, 1.165) is 18.9 Å². The second kappa shape index (κ2) is 4.50. The molecule has 1 aliphatic heterocycles. The van der Waals surface area contributed by atoms with E-state index in [-0.39, 0.29) is 12.2 Å². The number of rotatable bonds is 1. The van der Waals surface area contributed by atoms with Crippen LogP contribution in [-0.4, -0.2) is 30.3 Å². The highest BCUT2D eigenvalue weighted by Crippen LogP contribution is 2.18. The number of hydrogen-bond acceptors (Lipinski definition) is 4. The quantitative estimate of drug-likeness (QED) is 0.716. The third kappa shape index (κ3) is 2.31. The molecular formula is C12H15N3O. The standard InChI is InChI=1S/C12H15N3O/c1-9-7-15(8-10(2)16-9)12-4-3-11(5-13)6-14-12/h3-4,6,9-10H,7-8H2,1-2H3/t9-,10+. The first-order valence-corrected chi connectivity index (χ1v) is 5.45. The van der Waals surface area contributed by atoms with Crippen LogP contribution in [0.4, 0.5) is 5.82 Å². The van der Waals surface area contributed by atoms with E-state index in [2.05, 4.69) is 29.8 Å². The summed E-state index contributed by atoms with van der Waals surface area (Å²) < 4.78 is 5.66. The molecule has 2 heterocycles. The third-order valence-electron chi connectivity index (χ3n) is 2.62. The fraction of sp³-hybridized carbons (Fsp3) is 0.500. The van der Waals surface area contributed by atoms with Crippen LogP contribution in [0, 0.1) is 11.3 Å². The molecule has 1 aliphatic rings. The Morgan fingerprint density at radius 1 is 1.38 bits per heavy atom. The van der Waals surface area contributed by atoms with Crippen LogP contribution in [0.3, 0.4) is 0 Å². The molecule has 4 nitrogen and oxygen atoms in total. The molecule has 1 aromatic rings. The Morgan fingerprint density at radius 3 is 2.56 bits per heavy atom. The number of nitrogens with zero attached hydrogens (tertiary/aromatic N) is 3. The third-order valence-corrected chi connectivity index (χ3v) is 2.62. The molecule has 2 rings (SSSR count). The van der Waals surface area contributed by atoms with Gasteiger partial charge in [0, 0.05) is 19.3 Å². The van der Waals surface area contributed by atoms with Gasteiger partial charge in [-0.3, -0.25) is 0 Å². The fourth-order valence-electron chi connectivity index (χ4n) is 2.00. The summed E-state index contributed by atoms with van der Waals surface area (Å²) >= 11 is 0. The van der Waals surface area contributed by atoms with Crippen LogP contribution in [0.2, 0.25) is 0 Å². The van der Waals surface area contributed by atoms with Gasteiger partial charge in [-0.2, -0.15) is 5.26 Å². The first kappa shape index (κ1) is 10.9. The first-order valence-electron chi connectivity index (χ1n) is 5.45. The van der Waals surface area contributed by atoms with Gasteiger partial charge in [-0.1, -0.05) is 0 Å². The Morgan fingerprint density at radius 2 is 2.06 bits per heavy atom. The lowest BCUT2D eigenvalue weighted by Crippen LogP contribution is -2.45. The summed E-state index contributed by atoms with van der Waals surface area (Å²) in [4.78, 5) is 6.48. The van der Waals surface area contributed by atoms with Gasteiger partial charge in [0.2, 0.25) is 0 Å². The summed E-state index contributed by atoms with van der Waals surface area (Å²) in [6, 6.07) is 5.76. The SMILES string of the molecule is C[C@@H]1CN(c2ccc(C#N)cn2)C[C@H](C)O1. The van der Waals surface area contributed by atoms with E-state index in [1.54, 1.807) is 12.3 Å². The minimum Gasteiger partial charge on any atom is -0.372 e. The van der Waals surface area contributed by atoms with Crippen molar-refractivity contribution in [3.05, 3.63) is 23.9 Å².